The van der Waals surface area contributed by atoms with E-state index in [2.05, 4.69) is 5.32 Å². The molecule has 1 amide bonds. The van der Waals surface area contributed by atoms with Gasteiger partial charge in [0, 0.05) is 5.92 Å². The first kappa shape index (κ1) is 13.6. The lowest BCUT2D eigenvalue weighted by molar-refractivity contribution is -0.159. The van der Waals surface area contributed by atoms with Gasteiger partial charge < -0.3 is 14.8 Å². The van der Waals surface area contributed by atoms with Crippen molar-refractivity contribution in [3.8, 4) is 0 Å². The van der Waals surface area contributed by atoms with Crippen LogP contribution in [0.2, 0.25) is 0 Å². The summed E-state index contributed by atoms with van der Waals surface area (Å²) >= 11 is 0. The molecule has 0 spiro atoms. The third-order valence-corrected chi connectivity index (χ3v) is 4.29. The average Bonchev–Trinajstić information content (AvgIpc) is 2.94. The van der Waals surface area contributed by atoms with E-state index in [0.29, 0.717) is 0 Å². The Kier molecular flexibility index (Phi) is 2.97. The first-order valence-corrected chi connectivity index (χ1v) is 6.69. The van der Waals surface area contributed by atoms with E-state index in [1.54, 1.807) is 19.1 Å². The maximum absolute atomic E-state index is 12.3. The summed E-state index contributed by atoms with van der Waals surface area (Å²) in [7, 11) is 1.19. The molecule has 3 rings (SSSR count). The lowest BCUT2D eigenvalue weighted by Crippen LogP contribution is -2.56. The summed E-state index contributed by atoms with van der Waals surface area (Å²) in [6.07, 6.45) is -0.647. The Morgan fingerprint density at radius 1 is 1.29 bits per heavy atom. The van der Waals surface area contributed by atoms with Crippen LogP contribution in [0.25, 0.3) is 0 Å². The Morgan fingerprint density at radius 3 is 2.57 bits per heavy atom. The quantitative estimate of drug-likeness (QED) is 0.636. The van der Waals surface area contributed by atoms with Gasteiger partial charge in [-0.3, -0.25) is 4.79 Å². The van der Waals surface area contributed by atoms with Gasteiger partial charge in [-0.2, -0.15) is 0 Å². The Balaban J connectivity index is 2.10. The maximum atomic E-state index is 12.3. The predicted octanol–water partition coefficient (Wildman–Crippen LogP) is 0.578. The number of carbonyl (C=O) groups excluding carboxylic acids is 3. The molecule has 6 heteroatoms. The second kappa shape index (κ2) is 4.58. The van der Waals surface area contributed by atoms with Crippen LogP contribution in [0.5, 0.6) is 0 Å². The minimum absolute atomic E-state index is 0.344. The number of rotatable bonds is 2. The van der Waals surface area contributed by atoms with Crippen molar-refractivity contribution in [1.29, 1.82) is 0 Å². The zero-order valence-corrected chi connectivity index (χ0v) is 11.7. The summed E-state index contributed by atoms with van der Waals surface area (Å²) in [5.74, 6) is -3.03. The molecule has 110 valence electrons. The van der Waals surface area contributed by atoms with E-state index >= 15 is 0 Å². The van der Waals surface area contributed by atoms with E-state index < -0.39 is 35.4 Å². The van der Waals surface area contributed by atoms with Crippen LogP contribution < -0.4 is 5.32 Å². The highest BCUT2D eigenvalue weighted by atomic mass is 16.6. The fourth-order valence-corrected chi connectivity index (χ4v) is 3.24. The van der Waals surface area contributed by atoms with Crippen molar-refractivity contribution < 1.29 is 23.9 Å². The van der Waals surface area contributed by atoms with Crippen molar-refractivity contribution in [1.82, 2.24) is 5.32 Å². The van der Waals surface area contributed by atoms with E-state index in [1.165, 1.54) is 7.11 Å². The monoisotopic (exact) mass is 289 g/mol. The minimum atomic E-state index is -1.73. The van der Waals surface area contributed by atoms with E-state index in [9.17, 15) is 14.4 Å². The van der Waals surface area contributed by atoms with Crippen LogP contribution in [-0.4, -0.2) is 30.5 Å². The van der Waals surface area contributed by atoms with Crippen molar-refractivity contribution in [2.45, 2.75) is 18.6 Å². The highest BCUT2D eigenvalue weighted by Gasteiger charge is 2.70. The molecule has 1 N–H and O–H groups in total. The summed E-state index contributed by atoms with van der Waals surface area (Å²) in [5, 5.41) is 2.49. The minimum Gasteiger partial charge on any atom is -0.467 e. The topological polar surface area (TPSA) is 81.7 Å². The van der Waals surface area contributed by atoms with Crippen LogP contribution in [0.15, 0.2) is 30.3 Å². The molecular weight excluding hydrogens is 274 g/mol. The molecule has 0 bridgehead atoms. The van der Waals surface area contributed by atoms with Crippen molar-refractivity contribution in [3.63, 3.8) is 0 Å². The highest BCUT2D eigenvalue weighted by molar-refractivity contribution is 6.12. The summed E-state index contributed by atoms with van der Waals surface area (Å²) in [6.45, 7) is 1.68. The summed E-state index contributed by atoms with van der Waals surface area (Å²) < 4.78 is 10.1. The van der Waals surface area contributed by atoms with Gasteiger partial charge in [-0.25, -0.2) is 9.59 Å². The number of hydrogen-bond acceptors (Lipinski definition) is 5. The molecule has 1 aromatic rings. The number of carbonyl (C=O) groups is 3. The number of hydrogen-bond donors (Lipinski definition) is 1. The van der Waals surface area contributed by atoms with Gasteiger partial charge in [0.05, 0.1) is 13.0 Å². The first-order chi connectivity index (χ1) is 10.0. The van der Waals surface area contributed by atoms with Crippen molar-refractivity contribution in [2.75, 3.05) is 7.11 Å². The molecule has 2 heterocycles. The zero-order chi connectivity index (χ0) is 15.2. The Labute approximate surface area is 121 Å². The molecule has 2 fully saturated rings. The van der Waals surface area contributed by atoms with Gasteiger partial charge in [0.15, 0.2) is 0 Å². The number of nitrogens with one attached hydrogen (secondary N) is 1. The first-order valence-electron chi connectivity index (χ1n) is 6.69. The smallest absolute Gasteiger partial charge is 0.344 e. The van der Waals surface area contributed by atoms with Gasteiger partial charge in [0.2, 0.25) is 11.4 Å². The van der Waals surface area contributed by atoms with E-state index in [-0.39, 0.29) is 5.91 Å². The largest absolute Gasteiger partial charge is 0.467 e. The molecule has 0 saturated carbocycles. The van der Waals surface area contributed by atoms with E-state index in [4.69, 9.17) is 9.47 Å². The summed E-state index contributed by atoms with van der Waals surface area (Å²) in [4.78, 5) is 36.5. The molecule has 2 aliphatic heterocycles. The summed E-state index contributed by atoms with van der Waals surface area (Å²) in [6, 6.07) is 9.09. The Morgan fingerprint density at radius 2 is 1.95 bits per heavy atom. The summed E-state index contributed by atoms with van der Waals surface area (Å²) in [5.41, 5.74) is -0.976. The van der Waals surface area contributed by atoms with Crippen molar-refractivity contribution >= 4 is 17.8 Å². The average molecular weight is 289 g/mol. The number of amides is 1. The third kappa shape index (κ3) is 1.68. The molecule has 1 aromatic carbocycles. The van der Waals surface area contributed by atoms with Crippen molar-refractivity contribution in [3.05, 3.63) is 35.9 Å². The molecule has 6 nitrogen and oxygen atoms in total. The Hall–Kier alpha value is -2.37. The van der Waals surface area contributed by atoms with Gasteiger partial charge in [0.25, 0.3) is 0 Å². The molecule has 21 heavy (non-hydrogen) atoms. The number of cyclic esters (lactones) is 1. The van der Waals surface area contributed by atoms with Gasteiger partial charge in [-0.05, 0) is 5.56 Å². The fourth-order valence-electron chi connectivity index (χ4n) is 3.24. The highest BCUT2D eigenvalue weighted by Crippen LogP contribution is 2.49. The number of esters is 2. The molecule has 0 radical (unpaired) electrons. The molecule has 0 unspecified atom stereocenters. The fraction of sp³-hybridized carbons (Fsp3) is 0.400. The maximum Gasteiger partial charge on any atom is 0.344 e. The van der Waals surface area contributed by atoms with E-state index in [0.717, 1.165) is 5.56 Å². The van der Waals surface area contributed by atoms with Crippen molar-refractivity contribution in [2.24, 2.45) is 11.8 Å². The molecule has 2 saturated heterocycles. The van der Waals surface area contributed by atoms with Crippen LogP contribution in [0.1, 0.15) is 18.6 Å². The van der Waals surface area contributed by atoms with Gasteiger partial charge >= 0.3 is 11.9 Å². The molecule has 4 atom stereocenters. The van der Waals surface area contributed by atoms with Crippen LogP contribution in [0, 0.1) is 11.8 Å². The second-order valence-electron chi connectivity index (χ2n) is 5.34. The number of fused-ring (bicyclic) bond motifs is 1. The van der Waals surface area contributed by atoms with Crippen LogP contribution in [-0.2, 0) is 23.9 Å². The van der Waals surface area contributed by atoms with Crippen LogP contribution >= 0.6 is 0 Å². The molecule has 2 aliphatic rings. The van der Waals surface area contributed by atoms with E-state index in [1.807, 2.05) is 18.2 Å². The standard InChI is InChI=1S/C15H15NO5/c1-8-10-11(9-6-4-3-5-7-9)21-14(19)15(10,13(18)20-2)16-12(8)17/h3-8,10-11H,1-2H3,(H,16,17)/t8-,10+,11+,15-/m1/s1. The van der Waals surface area contributed by atoms with Crippen LogP contribution in [0.3, 0.4) is 0 Å². The number of benzene rings is 1. The number of methoxy groups -OCH3 is 1. The van der Waals surface area contributed by atoms with Gasteiger partial charge in [0.1, 0.15) is 6.10 Å². The molecule has 0 aliphatic carbocycles. The van der Waals surface area contributed by atoms with Crippen LogP contribution in [0.4, 0.5) is 0 Å². The SMILES string of the molecule is COC(=O)[C@]12NC(=O)[C@H](C)[C@H]1[C@H](c1ccccc1)OC2=O. The third-order valence-electron chi connectivity index (χ3n) is 4.29. The second-order valence-corrected chi connectivity index (χ2v) is 5.34. The van der Waals surface area contributed by atoms with Gasteiger partial charge in [-0.1, -0.05) is 37.3 Å². The predicted molar refractivity (Wildman–Crippen MR) is 70.8 cm³/mol. The normalized spacial score (nSPS) is 34.1. The number of ether oxygens (including phenoxy) is 2. The lowest BCUT2D eigenvalue weighted by atomic mass is 9.77. The molecular formula is C15H15NO5. The zero-order valence-electron chi connectivity index (χ0n) is 11.7. The van der Waals surface area contributed by atoms with Gasteiger partial charge in [-0.15, -0.1) is 0 Å². The Bertz CT molecular complexity index is 614. The lowest BCUT2D eigenvalue weighted by Gasteiger charge is -2.23. The molecule has 0 aromatic heterocycles.